The molecule has 116 valence electrons. The Morgan fingerprint density at radius 3 is 2.95 bits per heavy atom. The van der Waals surface area contributed by atoms with E-state index in [0.29, 0.717) is 11.5 Å². The van der Waals surface area contributed by atoms with Crippen LogP contribution in [-0.4, -0.2) is 45.8 Å². The number of hydrogen-bond acceptors (Lipinski definition) is 5. The third-order valence-electron chi connectivity index (χ3n) is 3.93. The summed E-state index contributed by atoms with van der Waals surface area (Å²) < 4.78 is 38.2. The van der Waals surface area contributed by atoms with Crippen LogP contribution in [0, 0.1) is 0 Å². The summed E-state index contributed by atoms with van der Waals surface area (Å²) in [5.74, 6) is 1.07. The number of ether oxygens (including phenoxy) is 2. The van der Waals surface area contributed by atoms with Crippen LogP contribution in [0.5, 0.6) is 11.5 Å². The molecule has 1 fully saturated rings. The van der Waals surface area contributed by atoms with Crippen molar-refractivity contribution in [1.82, 2.24) is 9.62 Å². The second-order valence-corrected chi connectivity index (χ2v) is 7.08. The van der Waals surface area contributed by atoms with Crippen LogP contribution in [0.25, 0.3) is 0 Å². The Morgan fingerprint density at radius 1 is 1.33 bits per heavy atom. The summed E-state index contributed by atoms with van der Waals surface area (Å²) in [7, 11) is -3.53. The largest absolute Gasteiger partial charge is 0.454 e. The second kappa shape index (κ2) is 5.82. The number of nitrogens with zero attached hydrogens (tertiary/aromatic N) is 1. The molecule has 0 aromatic heterocycles. The SMILES string of the molecule is CCN1CCCC(NS(=O)(=O)c2ccc3c(c2)OCO3)C1. The molecule has 1 saturated heterocycles. The van der Waals surface area contributed by atoms with Gasteiger partial charge in [0.25, 0.3) is 0 Å². The lowest BCUT2D eigenvalue weighted by Gasteiger charge is -2.32. The molecule has 3 rings (SSSR count). The van der Waals surface area contributed by atoms with Gasteiger partial charge >= 0.3 is 0 Å². The van der Waals surface area contributed by atoms with E-state index in [1.54, 1.807) is 12.1 Å². The highest BCUT2D eigenvalue weighted by Gasteiger charge is 2.26. The Balaban J connectivity index is 1.74. The Labute approximate surface area is 125 Å². The van der Waals surface area contributed by atoms with Crippen molar-refractivity contribution in [3.63, 3.8) is 0 Å². The minimum Gasteiger partial charge on any atom is -0.454 e. The number of benzene rings is 1. The number of likely N-dealkylation sites (tertiary alicyclic amines) is 1. The zero-order chi connectivity index (χ0) is 14.9. The number of piperidine rings is 1. The highest BCUT2D eigenvalue weighted by Crippen LogP contribution is 2.33. The van der Waals surface area contributed by atoms with Gasteiger partial charge in [0.2, 0.25) is 16.8 Å². The van der Waals surface area contributed by atoms with Crippen LogP contribution in [0.2, 0.25) is 0 Å². The topological polar surface area (TPSA) is 67.9 Å². The molecule has 0 saturated carbocycles. The first-order valence-corrected chi connectivity index (χ1v) is 8.71. The van der Waals surface area contributed by atoms with E-state index in [-0.39, 0.29) is 17.7 Å². The molecule has 0 amide bonds. The van der Waals surface area contributed by atoms with Crippen molar-refractivity contribution in [1.29, 1.82) is 0 Å². The molecule has 7 heteroatoms. The minimum atomic E-state index is -3.53. The van der Waals surface area contributed by atoms with Crippen LogP contribution in [0.4, 0.5) is 0 Å². The first-order valence-electron chi connectivity index (χ1n) is 7.23. The van der Waals surface area contributed by atoms with Gasteiger partial charge in [-0.05, 0) is 38.1 Å². The number of nitrogens with one attached hydrogen (secondary N) is 1. The maximum atomic E-state index is 12.5. The molecule has 2 aliphatic rings. The molecule has 6 nitrogen and oxygen atoms in total. The second-order valence-electron chi connectivity index (χ2n) is 5.37. The monoisotopic (exact) mass is 312 g/mol. The fourth-order valence-corrected chi connectivity index (χ4v) is 4.05. The van der Waals surface area contributed by atoms with E-state index in [0.717, 1.165) is 32.5 Å². The molecule has 0 aliphatic carbocycles. The van der Waals surface area contributed by atoms with Crippen molar-refractivity contribution < 1.29 is 17.9 Å². The van der Waals surface area contributed by atoms with Crippen LogP contribution >= 0.6 is 0 Å². The number of likely N-dealkylation sites (N-methyl/N-ethyl adjacent to an activating group) is 1. The molecule has 1 unspecified atom stereocenters. The highest BCUT2D eigenvalue weighted by atomic mass is 32.2. The zero-order valence-corrected chi connectivity index (χ0v) is 12.9. The number of fused-ring (bicyclic) bond motifs is 1. The minimum absolute atomic E-state index is 0.0332. The van der Waals surface area contributed by atoms with Gasteiger partial charge in [-0.3, -0.25) is 0 Å². The van der Waals surface area contributed by atoms with E-state index in [1.165, 1.54) is 6.07 Å². The quantitative estimate of drug-likeness (QED) is 0.904. The molecule has 1 aromatic carbocycles. The van der Waals surface area contributed by atoms with E-state index in [2.05, 4.69) is 16.5 Å². The maximum absolute atomic E-state index is 12.5. The summed E-state index contributed by atoms with van der Waals surface area (Å²) in [4.78, 5) is 2.48. The molecule has 2 aliphatic heterocycles. The lowest BCUT2D eigenvalue weighted by atomic mass is 10.1. The molecule has 1 atom stereocenters. The predicted molar refractivity (Wildman–Crippen MR) is 78.0 cm³/mol. The van der Waals surface area contributed by atoms with Gasteiger partial charge in [0, 0.05) is 18.7 Å². The third-order valence-corrected chi connectivity index (χ3v) is 5.45. The van der Waals surface area contributed by atoms with Crippen LogP contribution in [0.15, 0.2) is 23.1 Å². The lowest BCUT2D eigenvalue weighted by Crippen LogP contribution is -2.47. The molecule has 0 bridgehead atoms. The normalized spacial score (nSPS) is 22.4. The van der Waals surface area contributed by atoms with Crippen molar-refractivity contribution in [2.24, 2.45) is 0 Å². The average Bonchev–Trinajstić information content (AvgIpc) is 2.94. The summed E-state index contributed by atoms with van der Waals surface area (Å²) in [6, 6.07) is 4.67. The summed E-state index contributed by atoms with van der Waals surface area (Å²) in [6.07, 6.45) is 1.89. The summed E-state index contributed by atoms with van der Waals surface area (Å²) in [6.45, 7) is 4.98. The van der Waals surface area contributed by atoms with E-state index in [4.69, 9.17) is 9.47 Å². The number of rotatable bonds is 4. The van der Waals surface area contributed by atoms with Crippen LogP contribution < -0.4 is 14.2 Å². The molecule has 2 heterocycles. The van der Waals surface area contributed by atoms with E-state index in [9.17, 15) is 8.42 Å². The summed E-state index contributed by atoms with van der Waals surface area (Å²) >= 11 is 0. The third kappa shape index (κ3) is 3.14. The molecule has 0 radical (unpaired) electrons. The predicted octanol–water partition coefficient (Wildman–Crippen LogP) is 1.18. The van der Waals surface area contributed by atoms with Crippen LogP contribution in [0.3, 0.4) is 0 Å². The Hall–Kier alpha value is -1.31. The molecular formula is C14H20N2O4S. The molecular weight excluding hydrogens is 292 g/mol. The number of sulfonamides is 1. The summed E-state index contributed by atoms with van der Waals surface area (Å²) in [5.41, 5.74) is 0. The van der Waals surface area contributed by atoms with Crippen LogP contribution in [-0.2, 0) is 10.0 Å². The standard InChI is InChI=1S/C14H20N2O4S/c1-2-16-7-3-4-11(9-16)15-21(17,18)12-5-6-13-14(8-12)20-10-19-13/h5-6,8,11,15H,2-4,7,9-10H2,1H3. The van der Waals surface area contributed by atoms with Gasteiger partial charge in [-0.15, -0.1) is 0 Å². The van der Waals surface area contributed by atoms with Crippen molar-refractivity contribution in [2.75, 3.05) is 26.4 Å². The molecule has 0 spiro atoms. The van der Waals surface area contributed by atoms with E-state index in [1.807, 2.05) is 0 Å². The Kier molecular flexibility index (Phi) is 4.05. The van der Waals surface area contributed by atoms with Gasteiger partial charge in [0.1, 0.15) is 0 Å². The number of hydrogen-bond donors (Lipinski definition) is 1. The molecule has 1 N–H and O–H groups in total. The lowest BCUT2D eigenvalue weighted by molar-refractivity contribution is 0.174. The molecule has 21 heavy (non-hydrogen) atoms. The summed E-state index contributed by atoms with van der Waals surface area (Å²) in [5, 5.41) is 0. The van der Waals surface area contributed by atoms with Gasteiger partial charge in [0.05, 0.1) is 4.90 Å². The average molecular weight is 312 g/mol. The van der Waals surface area contributed by atoms with Gasteiger partial charge in [-0.2, -0.15) is 0 Å². The van der Waals surface area contributed by atoms with Crippen molar-refractivity contribution >= 4 is 10.0 Å². The maximum Gasteiger partial charge on any atom is 0.241 e. The zero-order valence-electron chi connectivity index (χ0n) is 12.0. The fraction of sp³-hybridized carbons (Fsp3) is 0.571. The van der Waals surface area contributed by atoms with Gasteiger partial charge in [-0.25, -0.2) is 13.1 Å². The Bertz CT molecular complexity index is 617. The smallest absolute Gasteiger partial charge is 0.241 e. The fourth-order valence-electron chi connectivity index (χ4n) is 2.77. The van der Waals surface area contributed by atoms with Gasteiger partial charge in [0.15, 0.2) is 11.5 Å². The first-order chi connectivity index (χ1) is 10.1. The van der Waals surface area contributed by atoms with Gasteiger partial charge < -0.3 is 14.4 Å². The van der Waals surface area contributed by atoms with Gasteiger partial charge in [-0.1, -0.05) is 6.92 Å². The van der Waals surface area contributed by atoms with Crippen molar-refractivity contribution in [3.05, 3.63) is 18.2 Å². The highest BCUT2D eigenvalue weighted by molar-refractivity contribution is 7.89. The first kappa shape index (κ1) is 14.6. The molecule has 1 aromatic rings. The van der Waals surface area contributed by atoms with Crippen molar-refractivity contribution in [3.8, 4) is 11.5 Å². The van der Waals surface area contributed by atoms with E-state index >= 15 is 0 Å². The van der Waals surface area contributed by atoms with Crippen LogP contribution in [0.1, 0.15) is 19.8 Å². The Morgan fingerprint density at radius 2 is 2.14 bits per heavy atom. The van der Waals surface area contributed by atoms with Crippen molar-refractivity contribution in [2.45, 2.75) is 30.7 Å². The van der Waals surface area contributed by atoms with E-state index < -0.39 is 10.0 Å².